The quantitative estimate of drug-likeness (QED) is 0.859. The monoisotopic (exact) mass is 256 g/mol. The molecular formula is C15H16N2O2. The predicted octanol–water partition coefficient (Wildman–Crippen LogP) is 2.55. The molecule has 2 aromatic carbocycles. The molecule has 2 aromatic rings. The first-order valence-electron chi connectivity index (χ1n) is 5.89. The molecule has 98 valence electrons. The summed E-state index contributed by atoms with van der Waals surface area (Å²) in [4.78, 5) is 13.9. The molecule has 0 heterocycles. The summed E-state index contributed by atoms with van der Waals surface area (Å²) in [6.07, 6.45) is 0. The van der Waals surface area contributed by atoms with Crippen LogP contribution in [0.4, 0.5) is 11.4 Å². The van der Waals surface area contributed by atoms with Crippen molar-refractivity contribution in [1.82, 2.24) is 0 Å². The Morgan fingerprint density at radius 3 is 2.47 bits per heavy atom. The molecule has 0 bridgehead atoms. The van der Waals surface area contributed by atoms with Crippen LogP contribution in [0.5, 0.6) is 5.75 Å². The van der Waals surface area contributed by atoms with E-state index in [2.05, 4.69) is 0 Å². The van der Waals surface area contributed by atoms with Gasteiger partial charge in [0.1, 0.15) is 5.75 Å². The van der Waals surface area contributed by atoms with E-state index >= 15 is 0 Å². The van der Waals surface area contributed by atoms with Gasteiger partial charge in [0.25, 0.3) is 5.91 Å². The highest BCUT2D eigenvalue weighted by Gasteiger charge is 2.13. The Labute approximate surface area is 112 Å². The number of amides is 1. The Balaban J connectivity index is 2.25. The number of hydrogen-bond donors (Lipinski definition) is 1. The Morgan fingerprint density at radius 2 is 1.84 bits per heavy atom. The van der Waals surface area contributed by atoms with Crippen LogP contribution >= 0.6 is 0 Å². The van der Waals surface area contributed by atoms with Crippen LogP contribution < -0.4 is 15.4 Å². The first-order chi connectivity index (χ1) is 9.11. The Kier molecular flexibility index (Phi) is 3.71. The smallest absolute Gasteiger partial charge is 0.258 e. The van der Waals surface area contributed by atoms with Crippen LogP contribution in [-0.4, -0.2) is 20.1 Å². The van der Waals surface area contributed by atoms with Gasteiger partial charge < -0.3 is 15.4 Å². The first kappa shape index (κ1) is 13.0. The van der Waals surface area contributed by atoms with Crippen LogP contribution in [0, 0.1) is 0 Å². The van der Waals surface area contributed by atoms with Gasteiger partial charge in [-0.15, -0.1) is 0 Å². The molecule has 0 saturated carbocycles. The standard InChI is InChI=1S/C15H16N2O2/c1-17(13-8-6-12(16)7-9-13)15(18)11-4-3-5-14(10-11)19-2/h3-10H,16H2,1-2H3. The maximum Gasteiger partial charge on any atom is 0.258 e. The van der Waals surface area contributed by atoms with Gasteiger partial charge in [-0.3, -0.25) is 4.79 Å². The lowest BCUT2D eigenvalue weighted by molar-refractivity contribution is 0.0992. The molecule has 0 aliphatic heterocycles. The lowest BCUT2D eigenvalue weighted by Gasteiger charge is -2.17. The lowest BCUT2D eigenvalue weighted by Crippen LogP contribution is -2.26. The van der Waals surface area contributed by atoms with Gasteiger partial charge in [0.15, 0.2) is 0 Å². The molecule has 0 aliphatic carbocycles. The third kappa shape index (κ3) is 2.85. The molecule has 0 aromatic heterocycles. The molecule has 0 saturated heterocycles. The molecule has 19 heavy (non-hydrogen) atoms. The van der Waals surface area contributed by atoms with Crippen molar-refractivity contribution in [2.75, 3.05) is 24.8 Å². The predicted molar refractivity (Wildman–Crippen MR) is 76.6 cm³/mol. The van der Waals surface area contributed by atoms with Gasteiger partial charge >= 0.3 is 0 Å². The molecule has 1 amide bonds. The maximum absolute atomic E-state index is 12.3. The van der Waals surface area contributed by atoms with Crippen molar-refractivity contribution in [2.24, 2.45) is 0 Å². The fourth-order valence-corrected chi connectivity index (χ4v) is 1.76. The van der Waals surface area contributed by atoms with Crippen molar-refractivity contribution in [1.29, 1.82) is 0 Å². The molecule has 0 spiro atoms. The molecule has 0 atom stereocenters. The van der Waals surface area contributed by atoms with E-state index in [-0.39, 0.29) is 5.91 Å². The Hall–Kier alpha value is -2.49. The van der Waals surface area contributed by atoms with E-state index in [1.807, 2.05) is 12.1 Å². The summed E-state index contributed by atoms with van der Waals surface area (Å²) in [5.74, 6) is 0.570. The number of anilines is 2. The largest absolute Gasteiger partial charge is 0.497 e. The fraction of sp³-hybridized carbons (Fsp3) is 0.133. The molecule has 2 rings (SSSR count). The van der Waals surface area contributed by atoms with Crippen LogP contribution in [0.15, 0.2) is 48.5 Å². The fourth-order valence-electron chi connectivity index (χ4n) is 1.76. The van der Waals surface area contributed by atoms with Crippen molar-refractivity contribution < 1.29 is 9.53 Å². The van der Waals surface area contributed by atoms with Gasteiger partial charge in [-0.25, -0.2) is 0 Å². The first-order valence-corrected chi connectivity index (χ1v) is 5.89. The van der Waals surface area contributed by atoms with Crippen molar-refractivity contribution >= 4 is 17.3 Å². The van der Waals surface area contributed by atoms with Gasteiger partial charge in [-0.1, -0.05) is 6.07 Å². The molecular weight excluding hydrogens is 240 g/mol. The molecule has 0 radical (unpaired) electrons. The van der Waals surface area contributed by atoms with Crippen LogP contribution in [0.3, 0.4) is 0 Å². The van der Waals surface area contributed by atoms with E-state index in [0.29, 0.717) is 17.0 Å². The highest BCUT2D eigenvalue weighted by atomic mass is 16.5. The minimum Gasteiger partial charge on any atom is -0.497 e. The average molecular weight is 256 g/mol. The highest BCUT2D eigenvalue weighted by molar-refractivity contribution is 6.06. The average Bonchev–Trinajstić information content (AvgIpc) is 2.46. The number of nitrogen functional groups attached to an aromatic ring is 1. The minimum absolute atomic E-state index is 0.0938. The van der Waals surface area contributed by atoms with Crippen LogP contribution in [-0.2, 0) is 0 Å². The number of benzene rings is 2. The minimum atomic E-state index is -0.0938. The summed E-state index contributed by atoms with van der Waals surface area (Å²) in [6, 6.07) is 14.2. The summed E-state index contributed by atoms with van der Waals surface area (Å²) in [6.45, 7) is 0. The van der Waals surface area contributed by atoms with Crippen molar-refractivity contribution in [3.05, 3.63) is 54.1 Å². The van der Waals surface area contributed by atoms with Gasteiger partial charge in [-0.2, -0.15) is 0 Å². The zero-order valence-corrected chi connectivity index (χ0v) is 11.0. The van der Waals surface area contributed by atoms with Gasteiger partial charge in [-0.05, 0) is 42.5 Å². The van der Waals surface area contributed by atoms with Crippen molar-refractivity contribution in [3.63, 3.8) is 0 Å². The van der Waals surface area contributed by atoms with E-state index in [0.717, 1.165) is 5.69 Å². The molecule has 4 nitrogen and oxygen atoms in total. The number of rotatable bonds is 3. The van der Waals surface area contributed by atoms with Crippen molar-refractivity contribution in [3.8, 4) is 5.75 Å². The van der Waals surface area contributed by atoms with E-state index < -0.39 is 0 Å². The number of nitrogens with two attached hydrogens (primary N) is 1. The Morgan fingerprint density at radius 1 is 1.16 bits per heavy atom. The third-order valence-corrected chi connectivity index (χ3v) is 2.90. The van der Waals surface area contributed by atoms with Gasteiger partial charge in [0, 0.05) is 24.0 Å². The number of hydrogen-bond acceptors (Lipinski definition) is 3. The SMILES string of the molecule is COc1cccc(C(=O)N(C)c2ccc(N)cc2)c1. The second-order valence-corrected chi connectivity index (χ2v) is 4.19. The summed E-state index contributed by atoms with van der Waals surface area (Å²) in [7, 11) is 3.31. The van der Waals surface area contributed by atoms with Crippen LogP contribution in [0.25, 0.3) is 0 Å². The number of carbonyl (C=O) groups is 1. The number of methoxy groups -OCH3 is 1. The number of ether oxygens (including phenoxy) is 1. The van der Waals surface area contributed by atoms with E-state index in [1.54, 1.807) is 55.5 Å². The normalized spacial score (nSPS) is 10.0. The molecule has 0 aliphatic rings. The topological polar surface area (TPSA) is 55.6 Å². The summed E-state index contributed by atoms with van der Waals surface area (Å²) in [5, 5.41) is 0. The van der Waals surface area contributed by atoms with E-state index in [1.165, 1.54) is 0 Å². The molecule has 0 unspecified atom stereocenters. The maximum atomic E-state index is 12.3. The zero-order chi connectivity index (χ0) is 13.8. The number of carbonyl (C=O) groups excluding carboxylic acids is 1. The van der Waals surface area contributed by atoms with Crippen LogP contribution in [0.1, 0.15) is 10.4 Å². The Bertz CT molecular complexity index is 579. The van der Waals surface area contributed by atoms with Crippen LogP contribution in [0.2, 0.25) is 0 Å². The second-order valence-electron chi connectivity index (χ2n) is 4.19. The molecule has 2 N–H and O–H groups in total. The summed E-state index contributed by atoms with van der Waals surface area (Å²) in [5.41, 5.74) is 7.68. The summed E-state index contributed by atoms with van der Waals surface area (Å²) < 4.78 is 5.12. The van der Waals surface area contributed by atoms with E-state index in [4.69, 9.17) is 10.5 Å². The van der Waals surface area contributed by atoms with Crippen molar-refractivity contribution in [2.45, 2.75) is 0 Å². The molecule has 0 fully saturated rings. The lowest BCUT2D eigenvalue weighted by atomic mass is 10.1. The van der Waals surface area contributed by atoms with Gasteiger partial charge in [0.05, 0.1) is 7.11 Å². The second kappa shape index (κ2) is 5.44. The number of nitrogens with zero attached hydrogens (tertiary/aromatic N) is 1. The highest BCUT2D eigenvalue weighted by Crippen LogP contribution is 2.19. The summed E-state index contributed by atoms with van der Waals surface area (Å²) >= 11 is 0. The molecule has 4 heteroatoms. The third-order valence-electron chi connectivity index (χ3n) is 2.90. The zero-order valence-electron chi connectivity index (χ0n) is 11.0. The van der Waals surface area contributed by atoms with E-state index in [9.17, 15) is 4.79 Å². The van der Waals surface area contributed by atoms with Gasteiger partial charge in [0.2, 0.25) is 0 Å².